The Kier molecular flexibility index (Phi) is 2.72. The fraction of sp³-hybridized carbons (Fsp3) is 0.889. The van der Waals surface area contributed by atoms with Gasteiger partial charge in [-0.2, -0.15) is 4.72 Å². The molecule has 2 saturated carbocycles. The molecule has 0 aromatic rings. The highest BCUT2D eigenvalue weighted by atomic mass is 32.2. The summed E-state index contributed by atoms with van der Waals surface area (Å²) in [5, 5.41) is 17.0. The lowest BCUT2D eigenvalue weighted by molar-refractivity contribution is -0.139. The number of carboxylic acid groups (broad SMARTS) is 1. The third-order valence-electron chi connectivity index (χ3n) is 3.63. The van der Waals surface area contributed by atoms with Gasteiger partial charge in [-0.15, -0.1) is 0 Å². The normalized spacial score (nSPS) is 28.4. The molecule has 2 aliphatic carbocycles. The van der Waals surface area contributed by atoms with Gasteiger partial charge in [0, 0.05) is 0 Å². The molecule has 0 saturated heterocycles. The summed E-state index contributed by atoms with van der Waals surface area (Å²) < 4.78 is 25.6. The smallest absolute Gasteiger partial charge is 0.324 e. The van der Waals surface area contributed by atoms with Gasteiger partial charge in [0.1, 0.15) is 6.04 Å². The third kappa shape index (κ3) is 1.83. The van der Waals surface area contributed by atoms with E-state index < -0.39 is 33.9 Å². The van der Waals surface area contributed by atoms with Gasteiger partial charge >= 0.3 is 5.97 Å². The molecule has 0 aliphatic heterocycles. The highest BCUT2D eigenvalue weighted by Crippen LogP contribution is 2.63. The zero-order valence-electron chi connectivity index (χ0n) is 8.72. The first-order valence-corrected chi connectivity index (χ1v) is 6.81. The van der Waals surface area contributed by atoms with Gasteiger partial charge in [0.15, 0.2) is 0 Å². The summed E-state index contributed by atoms with van der Waals surface area (Å²) in [6, 6.07) is -1.43. The SMILES string of the molecule is O=C(O)C(CO)NS(=O)(=O)C1CC12CCC2. The second kappa shape index (κ2) is 3.68. The topological polar surface area (TPSA) is 104 Å². The van der Waals surface area contributed by atoms with E-state index in [1.165, 1.54) is 0 Å². The molecule has 2 atom stereocenters. The number of sulfonamides is 1. The first kappa shape index (κ1) is 11.8. The Morgan fingerprint density at radius 2 is 2.12 bits per heavy atom. The zero-order valence-corrected chi connectivity index (χ0v) is 9.53. The molecule has 0 heterocycles. The standard InChI is InChI=1S/C9H15NO5S/c11-5-6(8(12)13)10-16(14,15)7-4-9(7)2-1-3-9/h6-7,10-11H,1-5H2,(H,12,13). The molecule has 2 unspecified atom stereocenters. The Morgan fingerprint density at radius 3 is 2.44 bits per heavy atom. The largest absolute Gasteiger partial charge is 0.480 e. The number of hydrogen-bond donors (Lipinski definition) is 3. The third-order valence-corrected chi connectivity index (χ3v) is 5.65. The lowest BCUT2D eigenvalue weighted by Crippen LogP contribution is -2.45. The molecule has 7 heteroatoms. The van der Waals surface area contributed by atoms with E-state index in [0.717, 1.165) is 19.3 Å². The first-order chi connectivity index (χ1) is 7.41. The Morgan fingerprint density at radius 1 is 1.50 bits per heavy atom. The van der Waals surface area contributed by atoms with Crippen LogP contribution in [0.2, 0.25) is 0 Å². The van der Waals surface area contributed by atoms with Crippen LogP contribution in [0.15, 0.2) is 0 Å². The second-order valence-electron chi connectivity index (χ2n) is 4.64. The molecule has 2 rings (SSSR count). The van der Waals surface area contributed by atoms with E-state index in [9.17, 15) is 13.2 Å². The van der Waals surface area contributed by atoms with E-state index in [1.54, 1.807) is 0 Å². The number of aliphatic hydroxyl groups excluding tert-OH is 1. The van der Waals surface area contributed by atoms with Crippen molar-refractivity contribution in [3.8, 4) is 0 Å². The number of aliphatic hydroxyl groups is 1. The molecule has 92 valence electrons. The first-order valence-electron chi connectivity index (χ1n) is 5.26. The van der Waals surface area contributed by atoms with Crippen LogP contribution in [0.1, 0.15) is 25.7 Å². The van der Waals surface area contributed by atoms with Crippen LogP contribution < -0.4 is 4.72 Å². The second-order valence-corrected chi connectivity index (χ2v) is 6.54. The van der Waals surface area contributed by atoms with Gasteiger partial charge in [-0.1, -0.05) is 6.42 Å². The van der Waals surface area contributed by atoms with Crippen molar-refractivity contribution in [2.75, 3.05) is 6.61 Å². The summed E-state index contributed by atoms with van der Waals surface area (Å²) in [4.78, 5) is 10.6. The van der Waals surface area contributed by atoms with Crippen LogP contribution in [-0.4, -0.2) is 42.5 Å². The van der Waals surface area contributed by atoms with Crippen LogP contribution in [0.4, 0.5) is 0 Å². The lowest BCUT2D eigenvalue weighted by atomic mass is 9.82. The summed E-state index contributed by atoms with van der Waals surface area (Å²) in [6.07, 6.45) is 3.50. The minimum atomic E-state index is -3.60. The van der Waals surface area contributed by atoms with Crippen LogP contribution in [0.25, 0.3) is 0 Å². The Balaban J connectivity index is 2.01. The van der Waals surface area contributed by atoms with Crippen molar-refractivity contribution in [2.45, 2.75) is 37.0 Å². The molecule has 2 aliphatic rings. The summed E-state index contributed by atoms with van der Waals surface area (Å²) in [7, 11) is -3.60. The van der Waals surface area contributed by atoms with E-state index in [-0.39, 0.29) is 5.41 Å². The maximum Gasteiger partial charge on any atom is 0.324 e. The molecule has 0 amide bonds. The quantitative estimate of drug-likeness (QED) is 0.597. The molecule has 16 heavy (non-hydrogen) atoms. The van der Waals surface area contributed by atoms with Crippen LogP contribution in [0, 0.1) is 5.41 Å². The minimum absolute atomic E-state index is 0.0790. The molecule has 2 fully saturated rings. The average molecular weight is 249 g/mol. The molecular weight excluding hydrogens is 234 g/mol. The molecule has 6 nitrogen and oxygen atoms in total. The molecule has 1 spiro atoms. The number of carbonyl (C=O) groups is 1. The van der Waals surface area contributed by atoms with Crippen molar-refractivity contribution in [3.63, 3.8) is 0 Å². The Hall–Kier alpha value is -0.660. The Bertz CT molecular complexity index is 400. The number of hydrogen-bond acceptors (Lipinski definition) is 4. The zero-order chi connectivity index (χ0) is 12.0. The summed E-state index contributed by atoms with van der Waals surface area (Å²) in [5.41, 5.74) is -0.0790. The summed E-state index contributed by atoms with van der Waals surface area (Å²) in [6.45, 7) is -0.728. The molecule has 0 radical (unpaired) electrons. The maximum absolute atomic E-state index is 11.8. The van der Waals surface area contributed by atoms with Crippen molar-refractivity contribution in [1.82, 2.24) is 4.72 Å². The number of rotatable bonds is 5. The fourth-order valence-electron chi connectivity index (χ4n) is 2.35. The van der Waals surface area contributed by atoms with Crippen LogP contribution in [0.5, 0.6) is 0 Å². The molecule has 0 aromatic heterocycles. The Labute approximate surface area is 93.7 Å². The van der Waals surface area contributed by atoms with E-state index >= 15 is 0 Å². The predicted octanol–water partition coefficient (Wildman–Crippen LogP) is -0.706. The van der Waals surface area contributed by atoms with Crippen molar-refractivity contribution in [3.05, 3.63) is 0 Å². The van der Waals surface area contributed by atoms with Gasteiger partial charge in [-0.3, -0.25) is 4.79 Å². The van der Waals surface area contributed by atoms with Crippen molar-refractivity contribution in [2.24, 2.45) is 5.41 Å². The molecular formula is C9H15NO5S. The van der Waals surface area contributed by atoms with E-state index in [0.29, 0.717) is 6.42 Å². The highest BCUT2D eigenvalue weighted by molar-refractivity contribution is 7.90. The van der Waals surface area contributed by atoms with Gasteiger partial charge in [0.05, 0.1) is 11.9 Å². The highest BCUT2D eigenvalue weighted by Gasteiger charge is 2.63. The van der Waals surface area contributed by atoms with E-state index in [1.807, 2.05) is 0 Å². The lowest BCUT2D eigenvalue weighted by Gasteiger charge is -2.26. The van der Waals surface area contributed by atoms with Gasteiger partial charge < -0.3 is 10.2 Å². The monoisotopic (exact) mass is 249 g/mol. The maximum atomic E-state index is 11.8. The van der Waals surface area contributed by atoms with Gasteiger partial charge in [0.2, 0.25) is 10.0 Å². The number of aliphatic carboxylic acids is 1. The molecule has 0 bridgehead atoms. The van der Waals surface area contributed by atoms with Gasteiger partial charge in [0.25, 0.3) is 0 Å². The molecule has 3 N–H and O–H groups in total. The predicted molar refractivity (Wildman–Crippen MR) is 55.3 cm³/mol. The van der Waals surface area contributed by atoms with Crippen molar-refractivity contribution in [1.29, 1.82) is 0 Å². The van der Waals surface area contributed by atoms with Crippen LogP contribution in [0.3, 0.4) is 0 Å². The summed E-state index contributed by atoms with van der Waals surface area (Å²) in [5.74, 6) is -1.35. The van der Waals surface area contributed by atoms with Gasteiger partial charge in [-0.05, 0) is 24.7 Å². The van der Waals surface area contributed by atoms with E-state index in [4.69, 9.17) is 10.2 Å². The minimum Gasteiger partial charge on any atom is -0.480 e. The van der Waals surface area contributed by atoms with Crippen molar-refractivity contribution >= 4 is 16.0 Å². The van der Waals surface area contributed by atoms with Crippen LogP contribution in [-0.2, 0) is 14.8 Å². The number of carboxylic acids is 1. The van der Waals surface area contributed by atoms with Crippen LogP contribution >= 0.6 is 0 Å². The fourth-order valence-corrected chi connectivity index (χ4v) is 4.53. The van der Waals surface area contributed by atoms with Gasteiger partial charge in [-0.25, -0.2) is 8.42 Å². The van der Waals surface area contributed by atoms with Crippen molar-refractivity contribution < 1.29 is 23.4 Å². The number of nitrogens with one attached hydrogen (secondary N) is 1. The molecule has 0 aromatic carbocycles. The summed E-state index contributed by atoms with van der Waals surface area (Å²) >= 11 is 0. The average Bonchev–Trinajstić information content (AvgIpc) is 2.88. The van der Waals surface area contributed by atoms with E-state index in [2.05, 4.69) is 4.72 Å².